The zero-order valence-corrected chi connectivity index (χ0v) is 17.2. The van der Waals surface area contributed by atoms with Crippen LogP contribution in [0.25, 0.3) is 16.8 Å². The van der Waals surface area contributed by atoms with E-state index in [4.69, 9.17) is 10.7 Å². The van der Waals surface area contributed by atoms with Crippen LogP contribution < -0.4 is 16.0 Å². The molecule has 1 aliphatic rings. The third-order valence-corrected chi connectivity index (χ3v) is 5.45. The largest absolute Gasteiger partial charge is 0.416 e. The minimum absolute atomic E-state index is 0.183. The first-order valence-corrected chi connectivity index (χ1v) is 10.1. The van der Waals surface area contributed by atoms with E-state index >= 15 is 0 Å². The number of amides is 1. The molecule has 11 heteroatoms. The number of nitrogens with zero attached hydrogens (tertiary/aromatic N) is 5. The van der Waals surface area contributed by atoms with Crippen molar-refractivity contribution >= 4 is 29.0 Å². The molecule has 3 aromatic heterocycles. The van der Waals surface area contributed by atoms with E-state index in [0.29, 0.717) is 17.0 Å². The lowest BCUT2D eigenvalue weighted by molar-refractivity contribution is -0.137. The van der Waals surface area contributed by atoms with Crippen molar-refractivity contribution in [3.05, 3.63) is 66.1 Å². The standard InChI is InChI=1S/C22H18F3N7O/c23-22(24,25)15-6-7-27-16(12-15)29-20(33)14-4-2-13(3-5-14)17-18-19(26)28-8-11-32(18)21(30-17)31-9-1-10-31/h2-8,11-12H,1,9-10H2,(H2,26,28)(H,27,29,33). The number of benzene rings is 1. The molecule has 0 saturated carbocycles. The summed E-state index contributed by atoms with van der Waals surface area (Å²) in [5.74, 6) is 0.351. The van der Waals surface area contributed by atoms with Gasteiger partial charge in [-0.25, -0.2) is 15.0 Å². The predicted molar refractivity (Wildman–Crippen MR) is 117 cm³/mol. The zero-order valence-electron chi connectivity index (χ0n) is 17.2. The number of nitrogen functional groups attached to an aromatic ring is 1. The number of hydrogen-bond donors (Lipinski definition) is 2. The van der Waals surface area contributed by atoms with Gasteiger partial charge in [0.1, 0.15) is 22.8 Å². The number of alkyl halides is 3. The SMILES string of the molecule is Nc1nccn2c(N3CCC3)nc(-c3ccc(C(=O)Nc4cc(C(F)(F)F)ccn4)cc3)c12. The number of anilines is 3. The number of nitrogens with one attached hydrogen (secondary N) is 1. The maximum absolute atomic E-state index is 12.9. The van der Waals surface area contributed by atoms with Crippen LogP contribution in [0.5, 0.6) is 0 Å². The Labute approximate surface area is 185 Å². The van der Waals surface area contributed by atoms with Crippen molar-refractivity contribution in [3.63, 3.8) is 0 Å². The van der Waals surface area contributed by atoms with Gasteiger partial charge in [-0.05, 0) is 30.7 Å². The summed E-state index contributed by atoms with van der Waals surface area (Å²) in [6.45, 7) is 1.81. The van der Waals surface area contributed by atoms with Gasteiger partial charge in [0.2, 0.25) is 5.95 Å². The van der Waals surface area contributed by atoms with Crippen LogP contribution in [-0.2, 0) is 6.18 Å². The van der Waals surface area contributed by atoms with Gasteiger partial charge >= 0.3 is 6.18 Å². The van der Waals surface area contributed by atoms with E-state index in [2.05, 4.69) is 20.2 Å². The van der Waals surface area contributed by atoms with Gasteiger partial charge in [-0.2, -0.15) is 13.2 Å². The molecule has 3 N–H and O–H groups in total. The first-order chi connectivity index (χ1) is 15.8. The topological polar surface area (TPSA) is 101 Å². The van der Waals surface area contributed by atoms with Crippen molar-refractivity contribution in [2.24, 2.45) is 0 Å². The van der Waals surface area contributed by atoms with Crippen molar-refractivity contribution in [3.8, 4) is 11.3 Å². The maximum atomic E-state index is 12.9. The van der Waals surface area contributed by atoms with Crippen LogP contribution in [0.15, 0.2) is 55.0 Å². The summed E-state index contributed by atoms with van der Waals surface area (Å²) in [7, 11) is 0. The Morgan fingerprint density at radius 3 is 2.48 bits per heavy atom. The van der Waals surface area contributed by atoms with E-state index < -0.39 is 17.6 Å². The monoisotopic (exact) mass is 453 g/mol. The molecule has 1 aliphatic heterocycles. The Balaban J connectivity index is 1.43. The van der Waals surface area contributed by atoms with Crippen LogP contribution >= 0.6 is 0 Å². The summed E-state index contributed by atoms with van der Waals surface area (Å²) < 4.78 is 40.6. The Bertz CT molecular complexity index is 1340. The molecule has 0 spiro atoms. The number of carbonyl (C=O) groups excluding carboxylic acids is 1. The highest BCUT2D eigenvalue weighted by molar-refractivity contribution is 6.04. The molecule has 33 heavy (non-hydrogen) atoms. The number of pyridine rings is 1. The second-order valence-corrected chi connectivity index (χ2v) is 7.59. The molecule has 0 atom stereocenters. The molecule has 168 valence electrons. The molecule has 1 fully saturated rings. The number of aromatic nitrogens is 4. The average molecular weight is 453 g/mol. The highest BCUT2D eigenvalue weighted by Gasteiger charge is 2.31. The van der Waals surface area contributed by atoms with Gasteiger partial charge < -0.3 is 16.0 Å². The molecular formula is C22H18F3N7O. The predicted octanol–water partition coefficient (Wildman–Crippen LogP) is 3.85. The summed E-state index contributed by atoms with van der Waals surface area (Å²) in [5.41, 5.74) is 7.54. The lowest BCUT2D eigenvalue weighted by atomic mass is 10.1. The first-order valence-electron chi connectivity index (χ1n) is 10.1. The van der Waals surface area contributed by atoms with E-state index in [1.807, 2.05) is 4.40 Å². The van der Waals surface area contributed by atoms with Gasteiger partial charge in [0, 0.05) is 42.8 Å². The first kappa shape index (κ1) is 20.7. The summed E-state index contributed by atoms with van der Waals surface area (Å²) in [6.07, 6.45) is 0.990. The van der Waals surface area contributed by atoms with E-state index in [0.717, 1.165) is 49.4 Å². The van der Waals surface area contributed by atoms with Crippen LogP contribution in [0.3, 0.4) is 0 Å². The molecule has 8 nitrogen and oxygen atoms in total. The fraction of sp³-hybridized carbons (Fsp3) is 0.182. The van der Waals surface area contributed by atoms with E-state index in [1.54, 1.807) is 36.7 Å². The molecular weight excluding hydrogens is 435 g/mol. The maximum Gasteiger partial charge on any atom is 0.416 e. The van der Waals surface area contributed by atoms with Crippen molar-refractivity contribution in [2.75, 3.05) is 29.0 Å². The van der Waals surface area contributed by atoms with Crippen LogP contribution in [0.2, 0.25) is 0 Å². The second kappa shape index (κ2) is 7.76. The third-order valence-electron chi connectivity index (χ3n) is 5.45. The number of hydrogen-bond acceptors (Lipinski definition) is 6. The number of carbonyl (C=O) groups is 1. The van der Waals surface area contributed by atoms with Crippen LogP contribution in [0, 0.1) is 0 Å². The normalized spacial score (nSPS) is 13.7. The van der Waals surface area contributed by atoms with Gasteiger partial charge in [0.05, 0.1) is 5.56 Å². The van der Waals surface area contributed by atoms with Crippen molar-refractivity contribution in [1.82, 2.24) is 19.4 Å². The Morgan fingerprint density at radius 1 is 1.06 bits per heavy atom. The number of imidazole rings is 1. The molecule has 1 aromatic carbocycles. The van der Waals surface area contributed by atoms with Crippen LogP contribution in [-0.4, -0.2) is 38.3 Å². The van der Waals surface area contributed by atoms with Gasteiger partial charge in [0.15, 0.2) is 0 Å². The van der Waals surface area contributed by atoms with E-state index in [1.165, 1.54) is 0 Å². The minimum Gasteiger partial charge on any atom is -0.382 e. The third kappa shape index (κ3) is 3.81. The highest BCUT2D eigenvalue weighted by Crippen LogP contribution is 2.33. The smallest absolute Gasteiger partial charge is 0.382 e. The average Bonchev–Trinajstić information content (AvgIpc) is 3.13. The molecule has 0 aliphatic carbocycles. The van der Waals surface area contributed by atoms with Crippen molar-refractivity contribution in [2.45, 2.75) is 12.6 Å². The summed E-state index contributed by atoms with van der Waals surface area (Å²) in [4.78, 5) is 27.4. The highest BCUT2D eigenvalue weighted by atomic mass is 19.4. The number of halogens is 3. The van der Waals surface area contributed by atoms with Gasteiger partial charge in [-0.15, -0.1) is 0 Å². The number of nitrogens with two attached hydrogens (primary N) is 1. The van der Waals surface area contributed by atoms with E-state index in [9.17, 15) is 18.0 Å². The van der Waals surface area contributed by atoms with Crippen LogP contribution in [0.4, 0.5) is 30.8 Å². The van der Waals surface area contributed by atoms with E-state index in [-0.39, 0.29) is 11.4 Å². The second-order valence-electron chi connectivity index (χ2n) is 7.59. The number of fused-ring (bicyclic) bond motifs is 1. The minimum atomic E-state index is -4.52. The molecule has 1 amide bonds. The van der Waals surface area contributed by atoms with Gasteiger partial charge in [-0.1, -0.05) is 12.1 Å². The lowest BCUT2D eigenvalue weighted by Crippen LogP contribution is -2.38. The molecule has 0 unspecified atom stereocenters. The molecule has 5 rings (SSSR count). The molecule has 0 radical (unpaired) electrons. The van der Waals surface area contributed by atoms with Crippen LogP contribution in [0.1, 0.15) is 22.3 Å². The molecule has 1 saturated heterocycles. The number of rotatable bonds is 4. The molecule has 4 heterocycles. The summed E-state index contributed by atoms with van der Waals surface area (Å²) in [6, 6.07) is 8.19. The Morgan fingerprint density at radius 2 is 1.82 bits per heavy atom. The van der Waals surface area contributed by atoms with Crippen molar-refractivity contribution in [1.29, 1.82) is 0 Å². The Kier molecular flexibility index (Phi) is 4.88. The Hall–Kier alpha value is -4.15. The van der Waals surface area contributed by atoms with Gasteiger partial charge in [-0.3, -0.25) is 9.20 Å². The molecule has 0 bridgehead atoms. The zero-order chi connectivity index (χ0) is 23.2. The lowest BCUT2D eigenvalue weighted by Gasteiger charge is -2.31. The fourth-order valence-corrected chi connectivity index (χ4v) is 3.63. The summed E-state index contributed by atoms with van der Waals surface area (Å²) in [5, 5.41) is 2.40. The quantitative estimate of drug-likeness (QED) is 0.487. The molecule has 4 aromatic rings. The van der Waals surface area contributed by atoms with Gasteiger partial charge in [0.25, 0.3) is 5.91 Å². The fourth-order valence-electron chi connectivity index (χ4n) is 3.63. The summed E-state index contributed by atoms with van der Waals surface area (Å²) >= 11 is 0. The van der Waals surface area contributed by atoms with Crippen molar-refractivity contribution < 1.29 is 18.0 Å².